The highest BCUT2D eigenvalue weighted by atomic mass is 35.5. The maximum absolute atomic E-state index is 12.6. The van der Waals surface area contributed by atoms with Gasteiger partial charge in [0.1, 0.15) is 0 Å². The summed E-state index contributed by atoms with van der Waals surface area (Å²) in [6, 6.07) is 5.89. The predicted octanol–water partition coefficient (Wildman–Crippen LogP) is 4.52. The van der Waals surface area contributed by atoms with Gasteiger partial charge in [0.15, 0.2) is 0 Å². The summed E-state index contributed by atoms with van der Waals surface area (Å²) in [7, 11) is 0. The van der Waals surface area contributed by atoms with Crippen molar-refractivity contribution >= 4 is 29.1 Å². The molecule has 1 aliphatic heterocycles. The fourth-order valence-corrected chi connectivity index (χ4v) is 4.64. The molecule has 2 fully saturated rings. The Bertz CT molecular complexity index is 641. The van der Waals surface area contributed by atoms with E-state index in [0.717, 1.165) is 24.8 Å². The lowest BCUT2D eigenvalue weighted by Crippen LogP contribution is -2.62. The second kappa shape index (κ2) is 6.19. The maximum Gasteiger partial charge on any atom is 0.223 e. The van der Waals surface area contributed by atoms with Gasteiger partial charge in [-0.05, 0) is 70.6 Å². The third-order valence-corrected chi connectivity index (χ3v) is 5.77. The first-order valence-corrected chi connectivity index (χ1v) is 9.37. The molecule has 0 bridgehead atoms. The van der Waals surface area contributed by atoms with Crippen molar-refractivity contribution in [3.05, 3.63) is 33.8 Å². The van der Waals surface area contributed by atoms with Gasteiger partial charge in [-0.15, -0.1) is 0 Å². The summed E-state index contributed by atoms with van der Waals surface area (Å²) in [6.07, 6.45) is 2.79. The van der Waals surface area contributed by atoms with Crippen molar-refractivity contribution in [1.82, 2.24) is 10.6 Å². The summed E-state index contributed by atoms with van der Waals surface area (Å²) < 4.78 is 0. The van der Waals surface area contributed by atoms with Crippen LogP contribution in [0.1, 0.15) is 58.4 Å². The van der Waals surface area contributed by atoms with Crippen molar-refractivity contribution in [2.24, 2.45) is 5.92 Å². The van der Waals surface area contributed by atoms with Gasteiger partial charge in [0.2, 0.25) is 5.91 Å². The molecule has 2 aliphatic rings. The molecule has 24 heavy (non-hydrogen) atoms. The van der Waals surface area contributed by atoms with Crippen molar-refractivity contribution in [2.75, 3.05) is 0 Å². The van der Waals surface area contributed by atoms with Crippen molar-refractivity contribution < 1.29 is 4.79 Å². The van der Waals surface area contributed by atoms with Gasteiger partial charge in [-0.25, -0.2) is 0 Å². The van der Waals surface area contributed by atoms with Crippen LogP contribution < -0.4 is 10.6 Å². The molecule has 1 saturated heterocycles. The molecule has 132 valence electrons. The zero-order chi connectivity index (χ0) is 17.7. The van der Waals surface area contributed by atoms with Crippen molar-refractivity contribution in [3.8, 4) is 0 Å². The molecular weight excluding hydrogens is 343 g/mol. The third kappa shape index (κ3) is 4.07. The first-order chi connectivity index (χ1) is 11.1. The van der Waals surface area contributed by atoms with Crippen LogP contribution in [0.15, 0.2) is 18.2 Å². The van der Waals surface area contributed by atoms with Gasteiger partial charge in [-0.2, -0.15) is 0 Å². The minimum absolute atomic E-state index is 0.0341. The monoisotopic (exact) mass is 368 g/mol. The van der Waals surface area contributed by atoms with Crippen LogP contribution in [-0.2, 0) is 4.79 Å². The van der Waals surface area contributed by atoms with E-state index in [1.54, 1.807) is 0 Å². The van der Waals surface area contributed by atoms with Gasteiger partial charge in [-0.1, -0.05) is 29.3 Å². The normalized spacial score (nSPS) is 28.4. The molecule has 0 spiro atoms. The molecule has 5 heteroatoms. The van der Waals surface area contributed by atoms with E-state index >= 15 is 0 Å². The van der Waals surface area contributed by atoms with Crippen LogP contribution in [0.4, 0.5) is 0 Å². The maximum atomic E-state index is 12.6. The van der Waals surface area contributed by atoms with E-state index in [4.69, 9.17) is 23.2 Å². The average Bonchev–Trinajstić information content (AvgIpc) is 3.18. The smallest absolute Gasteiger partial charge is 0.223 e. The summed E-state index contributed by atoms with van der Waals surface area (Å²) in [6.45, 7) is 8.79. The average molecular weight is 369 g/mol. The second-order valence-electron chi connectivity index (χ2n) is 8.63. The van der Waals surface area contributed by atoms with Crippen LogP contribution in [0.25, 0.3) is 0 Å². The number of nitrogens with one attached hydrogen (secondary N) is 2. The van der Waals surface area contributed by atoms with E-state index in [1.807, 2.05) is 18.2 Å². The quantitative estimate of drug-likeness (QED) is 0.822. The number of hydrogen-bond donors (Lipinski definition) is 2. The summed E-state index contributed by atoms with van der Waals surface area (Å²) in [5.41, 5.74) is 1.18. The lowest BCUT2D eigenvalue weighted by atomic mass is 9.79. The lowest BCUT2D eigenvalue weighted by Gasteiger charge is -2.46. The van der Waals surface area contributed by atoms with Crippen LogP contribution in [0, 0.1) is 5.92 Å². The van der Waals surface area contributed by atoms with E-state index in [9.17, 15) is 4.79 Å². The first-order valence-electron chi connectivity index (χ1n) is 8.61. The number of rotatable bonds is 3. The number of piperidine rings is 1. The lowest BCUT2D eigenvalue weighted by molar-refractivity contribution is -0.123. The SMILES string of the molecule is CC1(C)CC(NC(=O)C2CC2c2ccc(Cl)c(Cl)c2)CC(C)(C)N1. The molecule has 3 rings (SSSR count). The van der Waals surface area contributed by atoms with Gasteiger partial charge in [0, 0.05) is 23.0 Å². The van der Waals surface area contributed by atoms with E-state index in [2.05, 4.69) is 38.3 Å². The number of hydrogen-bond acceptors (Lipinski definition) is 2. The van der Waals surface area contributed by atoms with Crippen LogP contribution >= 0.6 is 23.2 Å². The Morgan fingerprint density at radius 2 is 1.75 bits per heavy atom. The van der Waals surface area contributed by atoms with Crippen LogP contribution in [0.2, 0.25) is 10.0 Å². The number of amides is 1. The number of carbonyl (C=O) groups excluding carboxylic acids is 1. The summed E-state index contributed by atoms with van der Waals surface area (Å²) >= 11 is 12.1. The zero-order valence-electron chi connectivity index (χ0n) is 14.7. The van der Waals surface area contributed by atoms with E-state index in [-0.39, 0.29) is 34.9 Å². The molecule has 1 amide bonds. The van der Waals surface area contributed by atoms with Crippen molar-refractivity contribution in [3.63, 3.8) is 0 Å². The van der Waals surface area contributed by atoms with Gasteiger partial charge in [-0.3, -0.25) is 4.79 Å². The predicted molar refractivity (Wildman–Crippen MR) is 99.8 cm³/mol. The van der Waals surface area contributed by atoms with Crippen LogP contribution in [-0.4, -0.2) is 23.0 Å². The molecule has 0 aromatic heterocycles. The fourth-order valence-electron chi connectivity index (χ4n) is 4.33. The Morgan fingerprint density at radius 1 is 1.12 bits per heavy atom. The summed E-state index contributed by atoms with van der Waals surface area (Å²) in [5, 5.41) is 8.04. The molecule has 1 aromatic carbocycles. The zero-order valence-corrected chi connectivity index (χ0v) is 16.3. The van der Waals surface area contributed by atoms with E-state index in [1.165, 1.54) is 0 Å². The minimum Gasteiger partial charge on any atom is -0.353 e. The molecule has 1 aromatic rings. The Labute approximate surface area is 154 Å². The summed E-state index contributed by atoms with van der Waals surface area (Å²) in [4.78, 5) is 12.6. The number of halogens is 2. The Hall–Kier alpha value is -0.770. The van der Waals surface area contributed by atoms with E-state index in [0.29, 0.717) is 10.0 Å². The Morgan fingerprint density at radius 3 is 2.33 bits per heavy atom. The molecule has 3 nitrogen and oxygen atoms in total. The van der Waals surface area contributed by atoms with Gasteiger partial charge in [0.05, 0.1) is 10.0 Å². The Balaban J connectivity index is 1.61. The standard InChI is InChI=1S/C19H26Cl2N2O/c1-18(2)9-12(10-19(3,4)23-18)22-17(24)14-8-13(14)11-5-6-15(20)16(21)7-11/h5-7,12-14,23H,8-10H2,1-4H3,(H,22,24). The highest BCUT2D eigenvalue weighted by Gasteiger charge is 2.46. The fraction of sp³-hybridized carbons (Fsp3) is 0.632. The molecular formula is C19H26Cl2N2O. The molecule has 1 aliphatic carbocycles. The third-order valence-electron chi connectivity index (χ3n) is 5.04. The Kier molecular flexibility index (Phi) is 4.65. The largest absolute Gasteiger partial charge is 0.353 e. The molecule has 2 N–H and O–H groups in total. The second-order valence-corrected chi connectivity index (χ2v) is 9.44. The highest BCUT2D eigenvalue weighted by Crippen LogP contribution is 2.48. The van der Waals surface area contributed by atoms with Gasteiger partial charge in [0.25, 0.3) is 0 Å². The summed E-state index contributed by atoms with van der Waals surface area (Å²) in [5.74, 6) is 0.496. The molecule has 1 saturated carbocycles. The van der Waals surface area contributed by atoms with E-state index < -0.39 is 0 Å². The van der Waals surface area contributed by atoms with Crippen LogP contribution in [0.5, 0.6) is 0 Å². The van der Waals surface area contributed by atoms with Crippen molar-refractivity contribution in [1.29, 1.82) is 0 Å². The minimum atomic E-state index is 0.0341. The van der Waals surface area contributed by atoms with Gasteiger partial charge < -0.3 is 10.6 Å². The van der Waals surface area contributed by atoms with Crippen molar-refractivity contribution in [2.45, 2.75) is 70.0 Å². The van der Waals surface area contributed by atoms with Crippen LogP contribution in [0.3, 0.4) is 0 Å². The molecule has 2 atom stereocenters. The van der Waals surface area contributed by atoms with Gasteiger partial charge >= 0.3 is 0 Å². The first kappa shape index (κ1) is 18.0. The highest BCUT2D eigenvalue weighted by molar-refractivity contribution is 6.42. The topological polar surface area (TPSA) is 41.1 Å². The number of carbonyl (C=O) groups is 1. The number of benzene rings is 1. The molecule has 1 heterocycles. The molecule has 0 radical (unpaired) electrons. The molecule has 2 unspecified atom stereocenters.